The van der Waals surface area contributed by atoms with E-state index in [9.17, 15) is 8.78 Å². The predicted molar refractivity (Wildman–Crippen MR) is 55.5 cm³/mol. The molecule has 0 bridgehead atoms. The molecule has 0 atom stereocenters. The van der Waals surface area contributed by atoms with E-state index >= 15 is 0 Å². The third-order valence-corrected chi connectivity index (χ3v) is 1.74. The van der Waals surface area contributed by atoms with Gasteiger partial charge >= 0.3 is 0 Å². The molecule has 0 fully saturated rings. The molecule has 0 unspecified atom stereocenters. The minimum Gasteiger partial charge on any atom is -0.471 e. The van der Waals surface area contributed by atoms with E-state index in [0.29, 0.717) is 12.6 Å². The SMILES string of the molecule is CC(C)NCc1ccc(OCC(F)F)nn1. The zero-order chi connectivity index (χ0) is 12.0. The zero-order valence-corrected chi connectivity index (χ0v) is 9.28. The summed E-state index contributed by atoms with van der Waals surface area (Å²) in [5, 5.41) is 10.7. The first kappa shape index (κ1) is 12.8. The van der Waals surface area contributed by atoms with Crippen molar-refractivity contribution in [3.05, 3.63) is 17.8 Å². The maximum atomic E-state index is 11.8. The zero-order valence-electron chi connectivity index (χ0n) is 9.28. The van der Waals surface area contributed by atoms with Gasteiger partial charge in [0, 0.05) is 18.7 Å². The molecule has 1 rings (SSSR count). The second-order valence-electron chi connectivity index (χ2n) is 3.60. The topological polar surface area (TPSA) is 47.0 Å². The summed E-state index contributed by atoms with van der Waals surface area (Å²) in [4.78, 5) is 0. The van der Waals surface area contributed by atoms with Gasteiger partial charge in [0.05, 0.1) is 5.69 Å². The number of rotatable bonds is 6. The van der Waals surface area contributed by atoms with Crippen LogP contribution in [0.25, 0.3) is 0 Å². The maximum absolute atomic E-state index is 11.8. The van der Waals surface area contributed by atoms with Gasteiger partial charge in [-0.2, -0.15) is 5.10 Å². The Balaban J connectivity index is 2.41. The van der Waals surface area contributed by atoms with Crippen LogP contribution < -0.4 is 10.1 Å². The molecule has 0 aromatic carbocycles. The van der Waals surface area contributed by atoms with Crippen LogP contribution in [0.1, 0.15) is 19.5 Å². The highest BCUT2D eigenvalue weighted by Crippen LogP contribution is 2.06. The third kappa shape index (κ3) is 4.97. The molecule has 0 aliphatic heterocycles. The van der Waals surface area contributed by atoms with Gasteiger partial charge in [-0.15, -0.1) is 5.10 Å². The molecule has 0 aliphatic carbocycles. The summed E-state index contributed by atoms with van der Waals surface area (Å²) in [6, 6.07) is 3.59. The van der Waals surface area contributed by atoms with Gasteiger partial charge in [0.2, 0.25) is 5.88 Å². The number of nitrogens with one attached hydrogen (secondary N) is 1. The number of hydrogen-bond donors (Lipinski definition) is 1. The smallest absolute Gasteiger partial charge is 0.272 e. The molecule has 0 amide bonds. The molecule has 0 radical (unpaired) electrons. The third-order valence-electron chi connectivity index (χ3n) is 1.74. The minimum absolute atomic E-state index is 0.119. The molecule has 16 heavy (non-hydrogen) atoms. The Morgan fingerprint density at radius 3 is 2.56 bits per heavy atom. The Morgan fingerprint density at radius 2 is 2.06 bits per heavy atom. The summed E-state index contributed by atoms with van der Waals surface area (Å²) in [6.45, 7) is 3.99. The fourth-order valence-electron chi connectivity index (χ4n) is 0.976. The van der Waals surface area contributed by atoms with Crippen LogP contribution in [0.2, 0.25) is 0 Å². The average molecular weight is 231 g/mol. The van der Waals surface area contributed by atoms with Crippen molar-refractivity contribution in [2.75, 3.05) is 6.61 Å². The van der Waals surface area contributed by atoms with Gasteiger partial charge in [0.25, 0.3) is 6.43 Å². The van der Waals surface area contributed by atoms with E-state index in [2.05, 4.69) is 15.5 Å². The van der Waals surface area contributed by atoms with Crippen molar-refractivity contribution in [1.29, 1.82) is 0 Å². The van der Waals surface area contributed by atoms with Crippen molar-refractivity contribution in [2.45, 2.75) is 32.9 Å². The molecule has 0 saturated heterocycles. The summed E-state index contributed by atoms with van der Waals surface area (Å²) in [6.07, 6.45) is -2.50. The van der Waals surface area contributed by atoms with Gasteiger partial charge in [0.1, 0.15) is 0 Å². The second-order valence-corrected chi connectivity index (χ2v) is 3.60. The standard InChI is InChI=1S/C10H15F2N3O/c1-7(2)13-5-8-3-4-10(15-14-8)16-6-9(11)12/h3-4,7,9,13H,5-6H2,1-2H3. The number of aromatic nitrogens is 2. The fraction of sp³-hybridized carbons (Fsp3) is 0.600. The lowest BCUT2D eigenvalue weighted by Gasteiger charge is -2.07. The van der Waals surface area contributed by atoms with Crippen molar-refractivity contribution < 1.29 is 13.5 Å². The lowest BCUT2D eigenvalue weighted by molar-refractivity contribution is 0.0790. The molecule has 1 aromatic heterocycles. The van der Waals surface area contributed by atoms with Gasteiger partial charge in [-0.05, 0) is 6.07 Å². The van der Waals surface area contributed by atoms with Crippen molar-refractivity contribution >= 4 is 0 Å². The van der Waals surface area contributed by atoms with E-state index in [4.69, 9.17) is 4.74 Å². The number of ether oxygens (including phenoxy) is 1. The van der Waals surface area contributed by atoms with Gasteiger partial charge in [-0.1, -0.05) is 13.8 Å². The normalized spacial score (nSPS) is 11.1. The summed E-state index contributed by atoms with van der Waals surface area (Å²) in [7, 11) is 0. The highest BCUT2D eigenvalue weighted by Gasteiger charge is 2.05. The monoisotopic (exact) mass is 231 g/mol. The highest BCUT2D eigenvalue weighted by atomic mass is 19.3. The summed E-state index contributed by atoms with van der Waals surface area (Å²) < 4.78 is 28.4. The van der Waals surface area contributed by atoms with Crippen LogP contribution in [0.3, 0.4) is 0 Å². The molecule has 0 saturated carbocycles. The molecule has 0 aliphatic rings. The van der Waals surface area contributed by atoms with Crippen LogP contribution in [0.4, 0.5) is 8.78 Å². The van der Waals surface area contributed by atoms with Crippen LogP contribution >= 0.6 is 0 Å². The van der Waals surface area contributed by atoms with Crippen LogP contribution in [-0.2, 0) is 6.54 Å². The molecule has 90 valence electrons. The first-order chi connectivity index (χ1) is 7.58. The summed E-state index contributed by atoms with van der Waals surface area (Å²) in [5.41, 5.74) is 0.748. The van der Waals surface area contributed by atoms with Crippen molar-refractivity contribution in [2.24, 2.45) is 0 Å². The maximum Gasteiger partial charge on any atom is 0.272 e. The Kier molecular flexibility index (Phi) is 5.04. The molecule has 0 spiro atoms. The second kappa shape index (κ2) is 6.32. The Morgan fingerprint density at radius 1 is 1.31 bits per heavy atom. The molecule has 4 nitrogen and oxygen atoms in total. The highest BCUT2D eigenvalue weighted by molar-refractivity contribution is 5.11. The Bertz CT molecular complexity index is 272. The van der Waals surface area contributed by atoms with Gasteiger partial charge < -0.3 is 10.1 Å². The van der Waals surface area contributed by atoms with Crippen molar-refractivity contribution in [3.63, 3.8) is 0 Å². The molecule has 1 N–H and O–H groups in total. The van der Waals surface area contributed by atoms with E-state index < -0.39 is 13.0 Å². The first-order valence-corrected chi connectivity index (χ1v) is 5.05. The molecule has 1 heterocycles. The lowest BCUT2D eigenvalue weighted by Crippen LogP contribution is -2.22. The fourth-order valence-corrected chi connectivity index (χ4v) is 0.976. The van der Waals surface area contributed by atoms with E-state index in [-0.39, 0.29) is 5.88 Å². The van der Waals surface area contributed by atoms with Crippen molar-refractivity contribution in [1.82, 2.24) is 15.5 Å². The van der Waals surface area contributed by atoms with Gasteiger partial charge in [0.15, 0.2) is 6.61 Å². The Hall–Kier alpha value is -1.30. The molecule has 6 heteroatoms. The molecule has 1 aromatic rings. The van der Waals surface area contributed by atoms with Gasteiger partial charge in [-0.25, -0.2) is 8.78 Å². The lowest BCUT2D eigenvalue weighted by atomic mass is 10.3. The number of alkyl halides is 2. The number of hydrogen-bond acceptors (Lipinski definition) is 4. The number of nitrogens with zero attached hydrogens (tertiary/aromatic N) is 2. The van der Waals surface area contributed by atoms with E-state index in [0.717, 1.165) is 5.69 Å². The molecular weight excluding hydrogens is 216 g/mol. The summed E-state index contributed by atoms with van der Waals surface area (Å²) in [5.74, 6) is 0.119. The Labute approximate surface area is 93.0 Å². The van der Waals surface area contributed by atoms with Crippen molar-refractivity contribution in [3.8, 4) is 5.88 Å². The molecular formula is C10H15F2N3O. The first-order valence-electron chi connectivity index (χ1n) is 5.05. The van der Waals surface area contributed by atoms with Crippen LogP contribution in [0.5, 0.6) is 5.88 Å². The van der Waals surface area contributed by atoms with E-state index in [1.165, 1.54) is 6.07 Å². The van der Waals surface area contributed by atoms with Gasteiger partial charge in [-0.3, -0.25) is 0 Å². The minimum atomic E-state index is -2.50. The largest absolute Gasteiger partial charge is 0.471 e. The van der Waals surface area contributed by atoms with Crippen LogP contribution in [-0.4, -0.2) is 29.3 Å². The number of halogens is 2. The quantitative estimate of drug-likeness (QED) is 0.808. The summed E-state index contributed by atoms with van der Waals surface area (Å²) >= 11 is 0. The predicted octanol–water partition coefficient (Wildman–Crippen LogP) is 1.62. The van der Waals surface area contributed by atoms with Crippen LogP contribution in [0, 0.1) is 0 Å². The average Bonchev–Trinajstić information content (AvgIpc) is 2.25. The van der Waals surface area contributed by atoms with E-state index in [1.807, 2.05) is 13.8 Å². The van der Waals surface area contributed by atoms with Crippen LogP contribution in [0.15, 0.2) is 12.1 Å². The van der Waals surface area contributed by atoms with E-state index in [1.54, 1.807) is 6.07 Å².